The number of aromatic nitrogens is 2. The summed E-state index contributed by atoms with van der Waals surface area (Å²) < 4.78 is 0. The first-order valence-electron chi connectivity index (χ1n) is 6.20. The number of thiophene rings is 1. The molecule has 2 unspecified atom stereocenters. The lowest BCUT2D eigenvalue weighted by Crippen LogP contribution is -3.17. The van der Waals surface area contributed by atoms with Gasteiger partial charge in [0.2, 0.25) is 0 Å². The first kappa shape index (κ1) is 13.2. The maximum absolute atomic E-state index is 12.1. The van der Waals surface area contributed by atoms with Gasteiger partial charge in [-0.25, -0.2) is 9.97 Å². The summed E-state index contributed by atoms with van der Waals surface area (Å²) in [6.45, 7) is 0. The Hall–Kier alpha value is -0.790. The lowest BCUT2D eigenvalue weighted by molar-refractivity contribution is -0.988. The molecule has 102 valence electrons. The first-order chi connectivity index (χ1) is 9.08. The maximum Gasteiger partial charge on any atom is 0.141 e. The molecule has 7 heteroatoms. The molecule has 5 nitrogen and oxygen atoms in total. The molecule has 0 amide bonds. The number of halogens is 1. The quantitative estimate of drug-likeness (QED) is 0.665. The zero-order valence-electron chi connectivity index (χ0n) is 10.8. The number of fused-ring (bicyclic) bond motifs is 3. The molecule has 0 saturated heterocycles. The van der Waals surface area contributed by atoms with E-state index in [0.29, 0.717) is 5.15 Å². The van der Waals surface area contributed by atoms with Gasteiger partial charge in [-0.05, 0) is 12.0 Å². The van der Waals surface area contributed by atoms with Crippen LogP contribution in [0, 0.1) is 5.21 Å². The Labute approximate surface area is 120 Å². The minimum atomic E-state index is 0.0855. The predicted octanol–water partition coefficient (Wildman–Crippen LogP) is 1.06. The van der Waals surface area contributed by atoms with Gasteiger partial charge in [-0.1, -0.05) is 11.6 Å². The summed E-state index contributed by atoms with van der Waals surface area (Å²) in [5.41, 5.74) is 1.24. The molecule has 2 heterocycles. The highest BCUT2D eigenvalue weighted by molar-refractivity contribution is 7.19. The summed E-state index contributed by atoms with van der Waals surface area (Å²) in [5.74, 6) is 0. The molecule has 0 bridgehead atoms. The second kappa shape index (κ2) is 4.96. The van der Waals surface area contributed by atoms with Crippen molar-refractivity contribution in [2.45, 2.75) is 25.3 Å². The Morgan fingerprint density at radius 1 is 1.47 bits per heavy atom. The summed E-state index contributed by atoms with van der Waals surface area (Å²) in [4.78, 5) is 10.5. The number of hydrogen-bond donors (Lipinski definition) is 1. The fourth-order valence-corrected chi connectivity index (χ4v) is 4.22. The van der Waals surface area contributed by atoms with Crippen LogP contribution in [0.15, 0.2) is 6.33 Å². The van der Waals surface area contributed by atoms with Gasteiger partial charge in [-0.3, -0.25) is 5.17 Å². The Morgan fingerprint density at radius 3 is 3.00 bits per heavy atom. The zero-order chi connectivity index (χ0) is 13.6. The second-order valence-electron chi connectivity index (χ2n) is 5.02. The van der Waals surface area contributed by atoms with E-state index in [-0.39, 0.29) is 11.2 Å². The topological polar surface area (TPSA) is 56.5 Å². The molecule has 1 aliphatic rings. The number of nitrogens with one attached hydrogen (secondary N) is 1. The van der Waals surface area contributed by atoms with Gasteiger partial charge in [0, 0.05) is 31.8 Å². The van der Waals surface area contributed by atoms with Gasteiger partial charge >= 0.3 is 0 Å². The van der Waals surface area contributed by atoms with Crippen LogP contribution in [0.1, 0.15) is 16.9 Å². The van der Waals surface area contributed by atoms with Crippen LogP contribution in [0.4, 0.5) is 0 Å². The van der Waals surface area contributed by atoms with E-state index in [1.165, 1.54) is 16.8 Å². The third kappa shape index (κ3) is 2.23. The van der Waals surface area contributed by atoms with Crippen molar-refractivity contribution in [1.82, 2.24) is 15.0 Å². The number of hydrogen-bond acceptors (Lipinski definition) is 5. The van der Waals surface area contributed by atoms with E-state index in [4.69, 9.17) is 11.6 Å². The lowest BCUT2D eigenvalue weighted by Gasteiger charge is -2.37. The van der Waals surface area contributed by atoms with Crippen LogP contribution in [0.2, 0.25) is 5.15 Å². The molecule has 0 fully saturated rings. The normalized spacial score (nSPS) is 20.8. The van der Waals surface area contributed by atoms with Gasteiger partial charge in [0.05, 0.1) is 5.39 Å². The molecule has 2 aromatic rings. The minimum absolute atomic E-state index is 0.0855. The molecule has 2 atom stereocenters. The number of rotatable bonds is 2. The summed E-state index contributed by atoms with van der Waals surface area (Å²) >= 11 is 7.81. The highest BCUT2D eigenvalue weighted by Crippen LogP contribution is 2.37. The van der Waals surface area contributed by atoms with Gasteiger partial charge in [0.1, 0.15) is 22.4 Å². The number of aryl methyl sites for hydroxylation is 1. The van der Waals surface area contributed by atoms with Crippen molar-refractivity contribution in [1.29, 1.82) is 0 Å². The second-order valence-corrected chi connectivity index (χ2v) is 6.46. The Balaban J connectivity index is 1.98. The molecule has 0 radical (unpaired) electrons. The third-order valence-electron chi connectivity index (χ3n) is 3.59. The summed E-state index contributed by atoms with van der Waals surface area (Å²) in [6, 6.07) is 0.0855. The third-order valence-corrected chi connectivity index (χ3v) is 5.04. The van der Waals surface area contributed by atoms with Crippen molar-refractivity contribution in [2.75, 3.05) is 14.1 Å². The molecule has 0 aromatic carbocycles. The molecule has 1 N–H and O–H groups in total. The fourth-order valence-electron chi connectivity index (χ4n) is 2.65. The van der Waals surface area contributed by atoms with Crippen LogP contribution >= 0.6 is 22.9 Å². The summed E-state index contributed by atoms with van der Waals surface area (Å²) in [5, 5.41) is 15.5. The average Bonchev–Trinajstić information content (AvgIpc) is 2.76. The molecule has 2 aromatic heterocycles. The average molecular weight is 299 g/mol. The molecular formula is C12H15ClN4OS. The van der Waals surface area contributed by atoms with E-state index < -0.39 is 0 Å². The fraction of sp³-hybridized carbons (Fsp3) is 0.500. The van der Waals surface area contributed by atoms with Gasteiger partial charge in [-0.15, -0.1) is 11.3 Å². The summed E-state index contributed by atoms with van der Waals surface area (Å²) in [7, 11) is 3.62. The van der Waals surface area contributed by atoms with Gasteiger partial charge in [-0.2, -0.15) is 5.01 Å². The van der Waals surface area contributed by atoms with E-state index in [1.807, 2.05) is 14.1 Å². The highest BCUT2D eigenvalue weighted by Gasteiger charge is 2.29. The van der Waals surface area contributed by atoms with Crippen LogP contribution in [-0.2, 0) is 12.8 Å². The van der Waals surface area contributed by atoms with Crippen molar-refractivity contribution >= 4 is 33.2 Å². The lowest BCUT2D eigenvalue weighted by atomic mass is 9.93. The van der Waals surface area contributed by atoms with Crippen LogP contribution in [0.5, 0.6) is 0 Å². The van der Waals surface area contributed by atoms with Gasteiger partial charge in [0.25, 0.3) is 0 Å². The molecule has 0 aliphatic heterocycles. The molecule has 0 spiro atoms. The van der Waals surface area contributed by atoms with Gasteiger partial charge in [0.15, 0.2) is 0 Å². The van der Waals surface area contributed by atoms with Crippen molar-refractivity contribution < 1.29 is 5.17 Å². The molecule has 0 saturated carbocycles. The summed E-state index contributed by atoms with van der Waals surface area (Å²) in [6.07, 6.45) is 4.05. The van der Waals surface area contributed by atoms with Crippen molar-refractivity contribution in [3.8, 4) is 0 Å². The minimum Gasteiger partial charge on any atom is -0.613 e. The molecule has 3 rings (SSSR count). The van der Waals surface area contributed by atoms with E-state index in [9.17, 15) is 5.21 Å². The first-order valence-corrected chi connectivity index (χ1v) is 7.39. The maximum atomic E-state index is 12.1. The number of quaternary nitrogens is 1. The predicted molar refractivity (Wildman–Crippen MR) is 76.3 cm³/mol. The largest absolute Gasteiger partial charge is 0.613 e. The number of hydroxylamine groups is 1. The highest BCUT2D eigenvalue weighted by atomic mass is 35.5. The SMILES string of the molecule is CN(C)[NH+]([O-])C1CCc2c(sc3ncnc(Cl)c23)C1. The van der Waals surface area contributed by atoms with Crippen molar-refractivity contribution in [3.63, 3.8) is 0 Å². The van der Waals surface area contributed by atoms with Crippen molar-refractivity contribution in [3.05, 3.63) is 27.1 Å². The molecule has 19 heavy (non-hydrogen) atoms. The Kier molecular flexibility index (Phi) is 3.44. The number of nitrogens with zero attached hydrogens (tertiary/aromatic N) is 3. The van der Waals surface area contributed by atoms with Crippen LogP contribution in [0.25, 0.3) is 10.2 Å². The Morgan fingerprint density at radius 2 is 2.26 bits per heavy atom. The molecule has 1 aliphatic carbocycles. The zero-order valence-corrected chi connectivity index (χ0v) is 12.4. The van der Waals surface area contributed by atoms with Gasteiger partial charge < -0.3 is 5.21 Å². The standard InChI is InChI=1S/C12H15ClN4OS/c1-16(2)17(18)7-3-4-8-9(5-7)19-12-10(8)11(13)14-6-15-12/h6-7,17H,3-5H2,1-2H3. The van der Waals surface area contributed by atoms with E-state index in [1.54, 1.807) is 16.3 Å². The van der Waals surface area contributed by atoms with E-state index >= 15 is 0 Å². The van der Waals surface area contributed by atoms with E-state index in [2.05, 4.69) is 9.97 Å². The van der Waals surface area contributed by atoms with Crippen LogP contribution < -0.4 is 5.17 Å². The van der Waals surface area contributed by atoms with Crippen LogP contribution in [-0.4, -0.2) is 35.1 Å². The monoisotopic (exact) mass is 298 g/mol. The Bertz CT molecular complexity index is 615. The van der Waals surface area contributed by atoms with Crippen molar-refractivity contribution in [2.24, 2.45) is 0 Å². The van der Waals surface area contributed by atoms with E-state index in [0.717, 1.165) is 29.5 Å². The molecular weight excluding hydrogens is 284 g/mol. The smallest absolute Gasteiger partial charge is 0.141 e. The van der Waals surface area contributed by atoms with Crippen LogP contribution in [0.3, 0.4) is 0 Å².